The molecule has 5 aromatic heterocycles. The molecule has 0 atom stereocenters. The third-order valence-corrected chi connectivity index (χ3v) is 11.7. The van der Waals surface area contributed by atoms with E-state index in [1.54, 1.807) is 0 Å². The summed E-state index contributed by atoms with van der Waals surface area (Å²) in [5.41, 5.74) is 12.1. The summed E-state index contributed by atoms with van der Waals surface area (Å²) in [6, 6.07) is 60.4. The zero-order chi connectivity index (χ0) is 35.8. The van der Waals surface area contributed by atoms with Gasteiger partial charge in [-0.15, -0.1) is 0 Å². The first-order chi connectivity index (χ1) is 27.3. The highest BCUT2D eigenvalue weighted by Gasteiger charge is 2.27. The maximum Gasteiger partial charge on any atom is 0.236 e. The van der Waals surface area contributed by atoms with Gasteiger partial charge in [-0.05, 0) is 46.8 Å². The molecule has 0 saturated heterocycles. The molecule has 0 aliphatic rings. The minimum Gasteiger partial charge on any atom is -0.452 e. The SMILES string of the molecule is c1ccc(-c2ccc(-c3nc(-n4c5c6ccccc6ccc5c5cc6c7ccccc7n7c8ccccc8c(c54)c67)nc4c3oc3ccccc34)cc2)cc1. The van der Waals surface area contributed by atoms with Crippen molar-refractivity contribution in [3.05, 3.63) is 170 Å². The molecule has 55 heavy (non-hydrogen) atoms. The molecule has 0 aliphatic heterocycles. The lowest BCUT2D eigenvalue weighted by Crippen LogP contribution is -2.03. The standard InChI is InChI=1S/C50H28N4O/c1-2-12-29(13-3-1)30-22-24-32(25-23-30)44-49-45(37-18-8-11-21-42(37)55-49)52-50(51-44)54-46-33-15-5-4-14-31(33)26-27-35(46)39-28-38-34-16-6-9-19-40(34)53-41-20-10-7-17-36(41)43(47(38)53)48(39)54/h1-28H. The Hall–Kier alpha value is -7.50. The van der Waals surface area contributed by atoms with Crippen molar-refractivity contribution < 1.29 is 4.42 Å². The molecule has 0 spiro atoms. The van der Waals surface area contributed by atoms with Crippen LogP contribution >= 0.6 is 0 Å². The van der Waals surface area contributed by atoms with Crippen LogP contribution in [0.3, 0.4) is 0 Å². The van der Waals surface area contributed by atoms with Gasteiger partial charge >= 0.3 is 0 Å². The second-order valence-electron chi connectivity index (χ2n) is 14.5. The van der Waals surface area contributed by atoms with Crippen LogP contribution in [0.4, 0.5) is 0 Å². The Labute approximate surface area is 313 Å². The molecule has 0 fully saturated rings. The van der Waals surface area contributed by atoms with Gasteiger partial charge in [-0.2, -0.15) is 0 Å². The van der Waals surface area contributed by atoms with Crippen LogP contribution in [0.2, 0.25) is 0 Å². The smallest absolute Gasteiger partial charge is 0.236 e. The van der Waals surface area contributed by atoms with E-state index in [-0.39, 0.29) is 0 Å². The summed E-state index contributed by atoms with van der Waals surface area (Å²) in [5.74, 6) is 0.611. The van der Waals surface area contributed by atoms with E-state index >= 15 is 0 Å². The summed E-state index contributed by atoms with van der Waals surface area (Å²) in [6.07, 6.45) is 0. The van der Waals surface area contributed by atoms with Crippen LogP contribution in [0.1, 0.15) is 0 Å². The summed E-state index contributed by atoms with van der Waals surface area (Å²) >= 11 is 0. The fraction of sp³-hybridized carbons (Fsp3) is 0. The molecular weight excluding hydrogens is 673 g/mol. The van der Waals surface area contributed by atoms with Crippen molar-refractivity contribution in [3.8, 4) is 28.3 Å². The van der Waals surface area contributed by atoms with E-state index in [0.717, 1.165) is 49.7 Å². The average molecular weight is 701 g/mol. The second kappa shape index (κ2) is 10.6. The highest BCUT2D eigenvalue weighted by atomic mass is 16.3. The Bertz CT molecular complexity index is 3700. The number of rotatable bonds is 3. The van der Waals surface area contributed by atoms with Gasteiger partial charge in [-0.25, -0.2) is 9.97 Å². The topological polar surface area (TPSA) is 48.3 Å². The van der Waals surface area contributed by atoms with Gasteiger partial charge in [-0.3, -0.25) is 4.57 Å². The minimum absolute atomic E-state index is 0.611. The highest BCUT2D eigenvalue weighted by molar-refractivity contribution is 6.35. The molecule has 13 rings (SSSR count). The van der Waals surface area contributed by atoms with Gasteiger partial charge in [0.2, 0.25) is 5.95 Å². The summed E-state index contributed by atoms with van der Waals surface area (Å²) in [6.45, 7) is 0. The molecule has 0 aliphatic carbocycles. The number of aromatic nitrogens is 4. The molecular formula is C50H28N4O. The lowest BCUT2D eigenvalue weighted by atomic mass is 10.0. The molecule has 5 heteroatoms. The Morgan fingerprint density at radius 3 is 1.89 bits per heavy atom. The average Bonchev–Trinajstić information content (AvgIpc) is 3.99. The van der Waals surface area contributed by atoms with Crippen LogP contribution in [-0.4, -0.2) is 18.9 Å². The second-order valence-corrected chi connectivity index (χ2v) is 14.5. The predicted octanol–water partition coefficient (Wildman–Crippen LogP) is 13.1. The van der Waals surface area contributed by atoms with Gasteiger partial charge in [0.25, 0.3) is 0 Å². The third-order valence-electron chi connectivity index (χ3n) is 11.7. The van der Waals surface area contributed by atoms with Crippen molar-refractivity contribution in [1.82, 2.24) is 18.9 Å². The lowest BCUT2D eigenvalue weighted by Gasteiger charge is -2.12. The zero-order valence-corrected chi connectivity index (χ0v) is 29.4. The summed E-state index contributed by atoms with van der Waals surface area (Å²) < 4.78 is 11.4. The van der Waals surface area contributed by atoms with E-state index < -0.39 is 0 Å². The van der Waals surface area contributed by atoms with Crippen LogP contribution < -0.4 is 0 Å². The van der Waals surface area contributed by atoms with E-state index in [1.807, 2.05) is 18.2 Å². The fourth-order valence-corrected chi connectivity index (χ4v) is 9.29. The van der Waals surface area contributed by atoms with Crippen molar-refractivity contribution in [1.29, 1.82) is 0 Å². The molecule has 0 bridgehead atoms. The lowest BCUT2D eigenvalue weighted by molar-refractivity contribution is 0.666. The number of benzene rings is 8. The molecule has 5 nitrogen and oxygen atoms in total. The van der Waals surface area contributed by atoms with Crippen molar-refractivity contribution in [2.75, 3.05) is 0 Å². The maximum atomic E-state index is 6.62. The first kappa shape index (κ1) is 29.0. The minimum atomic E-state index is 0.611. The first-order valence-corrected chi connectivity index (χ1v) is 18.7. The number of nitrogens with zero attached hydrogens (tertiary/aromatic N) is 4. The Morgan fingerprint density at radius 2 is 1.05 bits per heavy atom. The molecule has 0 saturated carbocycles. The van der Waals surface area contributed by atoms with Crippen molar-refractivity contribution in [3.63, 3.8) is 0 Å². The van der Waals surface area contributed by atoms with Gasteiger partial charge in [0.15, 0.2) is 5.58 Å². The Balaban J connectivity index is 1.23. The largest absolute Gasteiger partial charge is 0.452 e. The Kier molecular flexibility index (Phi) is 5.57. The Morgan fingerprint density at radius 1 is 0.418 bits per heavy atom. The quantitative estimate of drug-likeness (QED) is 0.184. The summed E-state index contributed by atoms with van der Waals surface area (Å²) in [5, 5.41) is 10.5. The van der Waals surface area contributed by atoms with E-state index in [4.69, 9.17) is 14.4 Å². The zero-order valence-electron chi connectivity index (χ0n) is 29.4. The van der Waals surface area contributed by atoms with E-state index in [0.29, 0.717) is 11.5 Å². The third kappa shape index (κ3) is 3.81. The number of hydrogen-bond donors (Lipinski definition) is 0. The maximum absolute atomic E-state index is 6.62. The van der Waals surface area contributed by atoms with E-state index in [9.17, 15) is 0 Å². The van der Waals surface area contributed by atoms with Gasteiger partial charge in [0.05, 0.1) is 27.6 Å². The van der Waals surface area contributed by atoms with Crippen LogP contribution in [0.15, 0.2) is 174 Å². The van der Waals surface area contributed by atoms with Crippen molar-refractivity contribution in [2.45, 2.75) is 0 Å². The molecule has 13 aromatic rings. The number of fused-ring (bicyclic) bond motifs is 15. The highest BCUT2D eigenvalue weighted by Crippen LogP contribution is 2.47. The normalized spacial score (nSPS) is 12.4. The molecule has 0 N–H and O–H groups in total. The van der Waals surface area contributed by atoms with Crippen molar-refractivity contribution in [2.24, 2.45) is 0 Å². The number of para-hydroxylation sites is 3. The predicted molar refractivity (Wildman–Crippen MR) is 227 cm³/mol. The number of furan rings is 1. The molecule has 0 radical (unpaired) electrons. The number of hydrogen-bond acceptors (Lipinski definition) is 3. The fourth-order valence-electron chi connectivity index (χ4n) is 9.29. The molecule has 0 unspecified atom stereocenters. The monoisotopic (exact) mass is 700 g/mol. The van der Waals surface area contributed by atoms with Gasteiger partial charge in [0, 0.05) is 48.7 Å². The van der Waals surface area contributed by atoms with Crippen LogP contribution in [0, 0.1) is 0 Å². The van der Waals surface area contributed by atoms with E-state index in [1.165, 1.54) is 59.8 Å². The van der Waals surface area contributed by atoms with Crippen LogP contribution in [0.25, 0.3) is 121 Å². The molecule has 0 amide bonds. The molecule has 5 heterocycles. The van der Waals surface area contributed by atoms with Gasteiger partial charge < -0.3 is 8.82 Å². The van der Waals surface area contributed by atoms with E-state index in [2.05, 4.69) is 161 Å². The van der Waals surface area contributed by atoms with Crippen molar-refractivity contribution >= 4 is 92.7 Å². The summed E-state index contributed by atoms with van der Waals surface area (Å²) in [7, 11) is 0. The van der Waals surface area contributed by atoms with Gasteiger partial charge in [-0.1, -0.05) is 140 Å². The van der Waals surface area contributed by atoms with Crippen LogP contribution in [0.5, 0.6) is 0 Å². The molecule has 8 aromatic carbocycles. The first-order valence-electron chi connectivity index (χ1n) is 18.7. The van der Waals surface area contributed by atoms with Gasteiger partial charge in [0.1, 0.15) is 16.8 Å². The molecule has 254 valence electrons. The van der Waals surface area contributed by atoms with Crippen LogP contribution in [-0.2, 0) is 0 Å². The summed E-state index contributed by atoms with van der Waals surface area (Å²) in [4.78, 5) is 11.0.